The average molecular weight is 247 g/mol. The molecule has 17 heavy (non-hydrogen) atoms. The summed E-state index contributed by atoms with van der Waals surface area (Å²) in [5.74, 6) is -0.321. The molecule has 1 heterocycles. The molecule has 0 atom stereocenters. The summed E-state index contributed by atoms with van der Waals surface area (Å²) in [6.45, 7) is 2.06. The molecule has 1 N–H and O–H groups in total. The summed E-state index contributed by atoms with van der Waals surface area (Å²) < 4.78 is 4.66. The maximum absolute atomic E-state index is 11.3. The molecule has 0 bridgehead atoms. The van der Waals surface area contributed by atoms with Crippen LogP contribution in [0.25, 0.3) is 0 Å². The number of methoxy groups -OCH3 is 1. The summed E-state index contributed by atoms with van der Waals surface area (Å²) in [7, 11) is 1.38. The summed E-state index contributed by atoms with van der Waals surface area (Å²) in [6.07, 6.45) is 1.66. The molecule has 0 amide bonds. The van der Waals surface area contributed by atoms with Crippen molar-refractivity contribution in [2.45, 2.75) is 16.8 Å². The van der Waals surface area contributed by atoms with Crippen LogP contribution in [-0.4, -0.2) is 18.1 Å². The molecule has 2 aromatic rings. The fraction of sp³-hybridized carbons (Fsp3) is 0.154. The van der Waals surface area contributed by atoms with Gasteiger partial charge in [-0.2, -0.15) is 0 Å². The van der Waals surface area contributed by atoms with E-state index in [2.05, 4.69) is 28.8 Å². The molecule has 0 fully saturated rings. The number of aromatic nitrogens is 1. The average Bonchev–Trinajstić information content (AvgIpc) is 2.80. The third kappa shape index (κ3) is 2.71. The van der Waals surface area contributed by atoms with E-state index in [-0.39, 0.29) is 5.97 Å². The van der Waals surface area contributed by atoms with Crippen LogP contribution in [0.4, 0.5) is 0 Å². The van der Waals surface area contributed by atoms with Crippen LogP contribution in [0, 0.1) is 6.92 Å². The molecular weight excluding hydrogens is 234 g/mol. The zero-order valence-electron chi connectivity index (χ0n) is 9.69. The number of esters is 1. The lowest BCUT2D eigenvalue weighted by molar-refractivity contribution is 0.0601. The molecule has 0 spiro atoms. The minimum Gasteiger partial charge on any atom is -0.465 e. The fourth-order valence-corrected chi connectivity index (χ4v) is 2.37. The maximum atomic E-state index is 11.3. The van der Waals surface area contributed by atoms with Gasteiger partial charge in [-0.05, 0) is 24.6 Å². The first kappa shape index (κ1) is 11.8. The van der Waals surface area contributed by atoms with Crippen LogP contribution in [0.2, 0.25) is 0 Å². The van der Waals surface area contributed by atoms with Gasteiger partial charge in [-0.3, -0.25) is 0 Å². The second-order valence-electron chi connectivity index (χ2n) is 3.61. The number of benzene rings is 1. The van der Waals surface area contributed by atoms with Gasteiger partial charge in [0.25, 0.3) is 0 Å². The van der Waals surface area contributed by atoms with E-state index in [0.29, 0.717) is 5.56 Å². The van der Waals surface area contributed by atoms with Gasteiger partial charge in [0.1, 0.15) is 0 Å². The molecule has 1 aromatic carbocycles. The molecule has 3 nitrogen and oxygen atoms in total. The van der Waals surface area contributed by atoms with Gasteiger partial charge in [-0.15, -0.1) is 0 Å². The first-order valence-electron chi connectivity index (χ1n) is 5.21. The predicted octanol–water partition coefficient (Wildman–Crippen LogP) is 3.26. The largest absolute Gasteiger partial charge is 0.465 e. The van der Waals surface area contributed by atoms with E-state index >= 15 is 0 Å². The maximum Gasteiger partial charge on any atom is 0.339 e. The lowest BCUT2D eigenvalue weighted by Gasteiger charge is -2.02. The summed E-state index contributed by atoms with van der Waals surface area (Å²) in [5, 5.41) is 0.930. The number of rotatable bonds is 3. The highest BCUT2D eigenvalue weighted by Gasteiger charge is 2.09. The predicted molar refractivity (Wildman–Crippen MR) is 67.4 cm³/mol. The van der Waals surface area contributed by atoms with E-state index in [0.717, 1.165) is 5.03 Å². The summed E-state index contributed by atoms with van der Waals surface area (Å²) >= 11 is 1.60. The second-order valence-corrected chi connectivity index (χ2v) is 4.70. The third-order valence-corrected chi connectivity index (χ3v) is 3.52. The number of carbonyl (C=O) groups excluding carboxylic acids is 1. The van der Waals surface area contributed by atoms with Gasteiger partial charge >= 0.3 is 5.97 Å². The first-order valence-corrected chi connectivity index (χ1v) is 6.02. The molecular formula is C13H13NO2S. The number of aryl methyl sites for hydroxylation is 1. The highest BCUT2D eigenvalue weighted by atomic mass is 32.2. The summed E-state index contributed by atoms with van der Waals surface area (Å²) in [6, 6.07) is 9.92. The molecule has 0 aliphatic heterocycles. The minimum absolute atomic E-state index is 0.321. The van der Waals surface area contributed by atoms with Crippen molar-refractivity contribution >= 4 is 17.7 Å². The highest BCUT2D eigenvalue weighted by Crippen LogP contribution is 2.29. The fourth-order valence-electron chi connectivity index (χ4n) is 1.46. The van der Waals surface area contributed by atoms with E-state index in [1.54, 1.807) is 24.0 Å². The van der Waals surface area contributed by atoms with Crippen LogP contribution >= 0.6 is 11.8 Å². The Morgan fingerprint density at radius 3 is 2.82 bits per heavy atom. The number of aromatic amines is 1. The van der Waals surface area contributed by atoms with Crippen LogP contribution in [0.15, 0.2) is 46.5 Å². The molecule has 0 saturated carbocycles. The smallest absolute Gasteiger partial charge is 0.339 e. The van der Waals surface area contributed by atoms with Crippen molar-refractivity contribution in [3.8, 4) is 0 Å². The van der Waals surface area contributed by atoms with Gasteiger partial charge in [0.15, 0.2) is 0 Å². The van der Waals surface area contributed by atoms with Crippen molar-refractivity contribution in [2.24, 2.45) is 0 Å². The van der Waals surface area contributed by atoms with Gasteiger partial charge in [-0.25, -0.2) is 4.79 Å². The Morgan fingerprint density at radius 1 is 1.35 bits per heavy atom. The lowest BCUT2D eigenvalue weighted by atomic mass is 10.2. The molecule has 4 heteroatoms. The Balaban J connectivity index is 2.17. The molecule has 88 valence electrons. The second kappa shape index (κ2) is 5.10. The van der Waals surface area contributed by atoms with Gasteiger partial charge in [0.05, 0.1) is 17.7 Å². The van der Waals surface area contributed by atoms with E-state index in [1.165, 1.54) is 17.6 Å². The number of hydrogen-bond donors (Lipinski definition) is 1. The number of nitrogens with one attached hydrogen (secondary N) is 1. The Morgan fingerprint density at radius 2 is 2.12 bits per heavy atom. The third-order valence-electron chi connectivity index (χ3n) is 2.39. The summed E-state index contributed by atoms with van der Waals surface area (Å²) in [5.41, 5.74) is 1.76. The van der Waals surface area contributed by atoms with Crippen LogP contribution in [0.5, 0.6) is 0 Å². The molecule has 0 aliphatic rings. The first-order chi connectivity index (χ1) is 8.20. The van der Waals surface area contributed by atoms with Crippen molar-refractivity contribution in [1.82, 2.24) is 4.98 Å². The zero-order chi connectivity index (χ0) is 12.3. The standard InChI is InChI=1S/C13H13NO2S/c1-9-5-3-4-6-11(9)17-12-7-10(8-14-12)13(15)16-2/h3-8,14H,1-2H3. The molecule has 2 rings (SSSR count). The number of H-pyrrole nitrogens is 1. The van der Waals surface area contributed by atoms with E-state index < -0.39 is 0 Å². The van der Waals surface area contributed by atoms with E-state index in [4.69, 9.17) is 0 Å². The quantitative estimate of drug-likeness (QED) is 0.846. The molecule has 0 unspecified atom stereocenters. The number of ether oxygens (including phenoxy) is 1. The number of hydrogen-bond acceptors (Lipinski definition) is 3. The van der Waals surface area contributed by atoms with E-state index in [9.17, 15) is 4.79 Å². The summed E-state index contributed by atoms with van der Waals surface area (Å²) in [4.78, 5) is 15.5. The monoisotopic (exact) mass is 247 g/mol. The van der Waals surface area contributed by atoms with Crippen LogP contribution < -0.4 is 0 Å². The van der Waals surface area contributed by atoms with Gasteiger partial charge in [-0.1, -0.05) is 30.0 Å². The molecule has 1 aromatic heterocycles. The van der Waals surface area contributed by atoms with Crippen LogP contribution in [-0.2, 0) is 4.74 Å². The van der Waals surface area contributed by atoms with Crippen molar-refractivity contribution in [3.63, 3.8) is 0 Å². The SMILES string of the molecule is COC(=O)c1c[nH]c(Sc2ccccc2C)c1. The van der Waals surface area contributed by atoms with Crippen LogP contribution in [0.1, 0.15) is 15.9 Å². The Hall–Kier alpha value is -1.68. The molecule has 0 radical (unpaired) electrons. The van der Waals surface area contributed by atoms with Crippen LogP contribution in [0.3, 0.4) is 0 Å². The zero-order valence-corrected chi connectivity index (χ0v) is 10.5. The Labute approximate surface area is 104 Å². The van der Waals surface area contributed by atoms with Crippen molar-refractivity contribution in [2.75, 3.05) is 7.11 Å². The normalized spacial score (nSPS) is 10.2. The van der Waals surface area contributed by atoms with E-state index in [1.807, 2.05) is 12.1 Å². The lowest BCUT2D eigenvalue weighted by Crippen LogP contribution is -1.98. The Kier molecular flexibility index (Phi) is 3.54. The van der Waals surface area contributed by atoms with Crippen molar-refractivity contribution in [1.29, 1.82) is 0 Å². The minimum atomic E-state index is -0.321. The van der Waals surface area contributed by atoms with Crippen molar-refractivity contribution < 1.29 is 9.53 Å². The molecule has 0 saturated heterocycles. The van der Waals surface area contributed by atoms with Gasteiger partial charge < -0.3 is 9.72 Å². The Bertz CT molecular complexity index is 534. The van der Waals surface area contributed by atoms with Gasteiger partial charge in [0, 0.05) is 11.1 Å². The topological polar surface area (TPSA) is 42.1 Å². The number of carbonyl (C=O) groups is 1. The highest BCUT2D eigenvalue weighted by molar-refractivity contribution is 7.99. The van der Waals surface area contributed by atoms with Gasteiger partial charge in [0.2, 0.25) is 0 Å². The van der Waals surface area contributed by atoms with Crippen molar-refractivity contribution in [3.05, 3.63) is 47.7 Å². The molecule has 0 aliphatic carbocycles.